The molecule has 0 spiro atoms. The van der Waals surface area contributed by atoms with Gasteiger partial charge in [-0.3, -0.25) is 4.18 Å². The second-order valence-corrected chi connectivity index (χ2v) is 11.4. The molecule has 0 atom stereocenters. The molecule has 9 nitrogen and oxygen atoms in total. The fourth-order valence-corrected chi connectivity index (χ4v) is 2.32. The van der Waals surface area contributed by atoms with E-state index in [0.29, 0.717) is 0 Å². The normalized spacial score (nSPS) is 10.2. The van der Waals surface area contributed by atoms with E-state index in [4.69, 9.17) is 0 Å². The topological polar surface area (TPSA) is 107 Å². The van der Waals surface area contributed by atoms with E-state index >= 15 is 0 Å². The number of quaternary nitrogens is 3. The molecule has 0 fully saturated rings. The third-order valence-electron chi connectivity index (χ3n) is 4.29. The van der Waals surface area contributed by atoms with E-state index < -0.39 is 16.4 Å². The molecule has 0 saturated heterocycles. The molecule has 0 bridgehead atoms. The number of carboxylic acids is 1. The molecule has 0 aromatic carbocycles. The second-order valence-electron chi connectivity index (χ2n) is 10.3. The van der Waals surface area contributed by atoms with Gasteiger partial charge in [-0.1, -0.05) is 46.1 Å². The Morgan fingerprint density at radius 2 is 0.800 bits per heavy atom. The maximum atomic E-state index is 9.49. The van der Waals surface area contributed by atoms with Crippen LogP contribution in [-0.2, 0) is 19.4 Å². The summed E-state index contributed by atoms with van der Waals surface area (Å²) in [6.45, 7) is 32.6. The van der Waals surface area contributed by atoms with E-state index in [0.717, 1.165) is 59.8 Å². The lowest BCUT2D eigenvalue weighted by atomic mass is 10.4. The first-order valence-corrected chi connectivity index (χ1v) is 13.4. The highest BCUT2D eigenvalue weighted by molar-refractivity contribution is 7.80. The largest absolute Gasteiger partial charge is 1.00 e. The first-order chi connectivity index (χ1) is 17.6. The van der Waals surface area contributed by atoms with E-state index in [1.165, 1.54) is 6.92 Å². The lowest BCUT2D eigenvalue weighted by Gasteiger charge is -2.26. The third kappa shape index (κ3) is 52.2. The summed E-state index contributed by atoms with van der Waals surface area (Å²) < 4.78 is 33.9. The predicted octanol–water partition coefficient (Wildman–Crippen LogP) is -0.286. The molecule has 0 aliphatic rings. The molecule has 0 aromatic rings. The molecule has 0 saturated carbocycles. The molecule has 0 aromatic heterocycles. The number of hydrogen-bond donors (Lipinski definition) is 0. The van der Waals surface area contributed by atoms with Crippen LogP contribution in [0.4, 0.5) is 0 Å². The highest BCUT2D eigenvalue weighted by Gasteiger charge is 2.09. The average molecular weight is 610 g/mol. The molecule has 0 aliphatic heterocycles. The molecule has 0 N–H and O–H groups in total. The Hall–Kier alpha value is -2.31. The van der Waals surface area contributed by atoms with Gasteiger partial charge in [0.1, 0.15) is 0 Å². The van der Waals surface area contributed by atoms with E-state index in [1.807, 2.05) is 36.5 Å². The molecule has 0 amide bonds. The van der Waals surface area contributed by atoms with Gasteiger partial charge in [-0.25, -0.2) is 8.42 Å². The van der Waals surface area contributed by atoms with Crippen LogP contribution in [0.5, 0.6) is 0 Å². The summed E-state index contributed by atoms with van der Waals surface area (Å²) in [5.74, 6) is -1.19. The Bertz CT molecular complexity index is 737. The number of carboxylic acid groups (broad SMARTS) is 1. The van der Waals surface area contributed by atoms with Crippen molar-refractivity contribution < 1.29 is 52.9 Å². The Morgan fingerprint density at radius 1 is 0.675 bits per heavy atom. The van der Waals surface area contributed by atoms with Crippen molar-refractivity contribution in [1.82, 2.24) is 0 Å². The minimum Gasteiger partial charge on any atom is -1.00 e. The van der Waals surface area contributed by atoms with Crippen LogP contribution in [0, 0.1) is 0 Å². The molecule has 0 unspecified atom stereocenters. The van der Waals surface area contributed by atoms with Crippen LogP contribution in [0.3, 0.4) is 0 Å². The first kappa shape index (κ1) is 50.5. The third-order valence-corrected chi connectivity index (χ3v) is 4.70. The summed E-state index contributed by atoms with van der Waals surface area (Å²) in [6.07, 6.45) is 11.6. The highest BCUT2D eigenvalue weighted by Crippen LogP contribution is 1.96. The second kappa shape index (κ2) is 28.2. The number of likely N-dealkylation sites (N-methyl/N-ethyl adjacent to an activating group) is 3. The van der Waals surface area contributed by atoms with Crippen LogP contribution in [0.25, 0.3) is 0 Å². The van der Waals surface area contributed by atoms with Gasteiger partial charge >= 0.3 is 0 Å². The molecular formula is C29H56ClN3O6S. The number of hydrogen-bond acceptors (Lipinski definition) is 6. The molecule has 11 heteroatoms. The van der Waals surface area contributed by atoms with Gasteiger partial charge in [0.05, 0.1) is 94.6 Å². The molecule has 0 rings (SSSR count). The lowest BCUT2D eigenvalue weighted by Crippen LogP contribution is -3.00. The summed E-state index contributed by atoms with van der Waals surface area (Å²) in [5, 5.41) is 9.49. The van der Waals surface area contributed by atoms with Crippen LogP contribution in [-0.4, -0.2) is 121 Å². The Kier molecular flexibility index (Phi) is 35.7. The van der Waals surface area contributed by atoms with Crippen LogP contribution in [0.2, 0.25) is 0 Å². The van der Waals surface area contributed by atoms with Gasteiger partial charge in [0, 0.05) is 0 Å². The molecule has 40 heavy (non-hydrogen) atoms. The Labute approximate surface area is 252 Å². The summed E-state index contributed by atoms with van der Waals surface area (Å²) in [4.78, 5) is 9.49. The van der Waals surface area contributed by atoms with E-state index in [1.54, 1.807) is 0 Å². The van der Waals surface area contributed by atoms with Crippen LogP contribution in [0.1, 0.15) is 6.92 Å². The lowest BCUT2D eigenvalue weighted by molar-refractivity contribution is -0.878. The van der Waals surface area contributed by atoms with Gasteiger partial charge in [0.25, 0.3) is 0 Å². The van der Waals surface area contributed by atoms with E-state index in [2.05, 4.69) is 92.5 Å². The number of rotatable bonds is 14. The number of carbonyl (C=O) groups is 1. The first-order valence-electron chi connectivity index (χ1n) is 12.1. The van der Waals surface area contributed by atoms with Crippen LogP contribution in [0.15, 0.2) is 88.1 Å². The van der Waals surface area contributed by atoms with Gasteiger partial charge in [-0.15, -0.1) is 0 Å². The van der Waals surface area contributed by atoms with Gasteiger partial charge < -0.3 is 40.3 Å². The molecule has 236 valence electrons. The van der Waals surface area contributed by atoms with Crippen molar-refractivity contribution in [3.63, 3.8) is 0 Å². The number of nitrogens with zero attached hydrogens (tertiary/aromatic N) is 3. The zero-order valence-electron chi connectivity index (χ0n) is 26.2. The summed E-state index contributed by atoms with van der Waals surface area (Å²) in [6, 6.07) is 0. The van der Waals surface area contributed by atoms with Crippen molar-refractivity contribution in [3.8, 4) is 0 Å². The predicted molar refractivity (Wildman–Crippen MR) is 163 cm³/mol. The molecule has 0 radical (unpaired) electrons. The molecule has 0 heterocycles. The SMILES string of the molecule is C=C(C)C(=O)[O-].C=CC[N+](C)(C)CC=C.C=CC[N+](C)(C)CC=C.C=CC[N+](C)(C)CC=C.COS(=O)(=O)[O-].[Cl-]. The minimum absolute atomic E-state index is 0. The van der Waals surface area contributed by atoms with Crippen molar-refractivity contribution in [2.45, 2.75) is 6.92 Å². The zero-order valence-corrected chi connectivity index (χ0v) is 27.8. The van der Waals surface area contributed by atoms with Crippen molar-refractivity contribution in [1.29, 1.82) is 0 Å². The number of halogens is 1. The smallest absolute Gasteiger partial charge is 0.217 e. The van der Waals surface area contributed by atoms with Crippen molar-refractivity contribution in [2.75, 3.05) is 88.7 Å². The maximum absolute atomic E-state index is 9.49. The maximum Gasteiger partial charge on any atom is 0.217 e. The Balaban J connectivity index is -0.0000000908. The van der Waals surface area contributed by atoms with Gasteiger partial charge in [0.2, 0.25) is 10.4 Å². The Morgan fingerprint density at radius 3 is 0.850 bits per heavy atom. The standard InChI is InChI=1S/3C8H16N.C4H6O2.CH4O4S.ClH/c3*1-5-7-9(3,4)8-6-2;1-3(2)4(5)6;1-5-6(2,3)4;/h3*5-6H,1-2,7-8H2,3-4H3;1H2,2H3,(H,5,6);1H3,(H,2,3,4);1H/q3*+1;;;/p-3. The van der Waals surface area contributed by atoms with Crippen molar-refractivity contribution in [3.05, 3.63) is 88.1 Å². The fraction of sp³-hybridized carbons (Fsp3) is 0.483. The van der Waals surface area contributed by atoms with Gasteiger partial charge in [0.15, 0.2) is 0 Å². The van der Waals surface area contributed by atoms with Gasteiger partial charge in [-0.2, -0.15) is 0 Å². The summed E-state index contributed by atoms with van der Waals surface area (Å²) >= 11 is 0. The molecule has 0 aliphatic carbocycles. The van der Waals surface area contributed by atoms with Crippen molar-refractivity contribution in [2.24, 2.45) is 0 Å². The monoisotopic (exact) mass is 609 g/mol. The molecular weight excluding hydrogens is 554 g/mol. The average Bonchev–Trinajstić information content (AvgIpc) is 2.74. The highest BCUT2D eigenvalue weighted by atomic mass is 35.5. The minimum atomic E-state index is -4.41. The van der Waals surface area contributed by atoms with Crippen molar-refractivity contribution >= 4 is 16.4 Å². The summed E-state index contributed by atoms with van der Waals surface area (Å²) in [5.41, 5.74) is 0.0648. The number of carbonyl (C=O) groups excluding carboxylic acids is 1. The fourth-order valence-electron chi connectivity index (χ4n) is 2.32. The zero-order chi connectivity index (χ0) is 32.3. The van der Waals surface area contributed by atoms with Crippen LogP contribution < -0.4 is 17.5 Å². The summed E-state index contributed by atoms with van der Waals surface area (Å²) in [7, 11) is 9.33. The quantitative estimate of drug-likeness (QED) is 0.0881. The number of aliphatic carboxylic acids is 1. The van der Waals surface area contributed by atoms with E-state index in [-0.39, 0.29) is 18.0 Å². The van der Waals surface area contributed by atoms with E-state index in [9.17, 15) is 22.9 Å². The van der Waals surface area contributed by atoms with Gasteiger partial charge in [-0.05, 0) is 49.0 Å². The van der Waals surface area contributed by atoms with Crippen LogP contribution >= 0.6 is 0 Å².